The van der Waals surface area contributed by atoms with Crippen LogP contribution in [0.25, 0.3) is 0 Å². The SMILES string of the molecule is COc1ccc(CNC(=O)C(F)(F)C(F)(F)C(F)(F)C(F)(F)C(F)(F)C(F)F)cc1. The highest BCUT2D eigenvalue weighted by atomic mass is 19.4. The summed E-state index contributed by atoms with van der Waals surface area (Å²) < 4.78 is 161. The van der Waals surface area contributed by atoms with Crippen LogP contribution < -0.4 is 10.1 Å². The number of hydrogen-bond acceptors (Lipinski definition) is 2. The lowest BCUT2D eigenvalue weighted by Crippen LogP contribution is -2.70. The van der Waals surface area contributed by atoms with Gasteiger partial charge in [-0.2, -0.15) is 43.9 Å². The van der Waals surface area contributed by atoms with Crippen LogP contribution in [0.4, 0.5) is 52.7 Å². The quantitative estimate of drug-likeness (QED) is 0.535. The van der Waals surface area contributed by atoms with E-state index in [1.807, 2.05) is 0 Å². The third kappa shape index (κ3) is 3.97. The summed E-state index contributed by atoms with van der Waals surface area (Å²) in [6.07, 6.45) is -5.60. The molecule has 1 amide bonds. The maximum Gasteiger partial charge on any atom is 0.392 e. The number of carbonyl (C=O) groups is 1. The van der Waals surface area contributed by atoms with E-state index in [9.17, 15) is 57.5 Å². The van der Waals surface area contributed by atoms with Gasteiger partial charge >= 0.3 is 36.0 Å². The summed E-state index contributed by atoms with van der Waals surface area (Å²) in [6, 6.07) is 4.66. The van der Waals surface area contributed by atoms with E-state index < -0.39 is 48.5 Å². The first-order valence-electron chi connectivity index (χ1n) is 7.46. The van der Waals surface area contributed by atoms with Crippen LogP contribution >= 0.6 is 0 Å². The molecule has 3 nitrogen and oxygen atoms in total. The predicted octanol–water partition coefficient (Wildman–Crippen LogP) is 4.75. The molecule has 0 saturated heterocycles. The van der Waals surface area contributed by atoms with E-state index in [2.05, 4.69) is 0 Å². The minimum absolute atomic E-state index is 0.0652. The molecule has 0 saturated carbocycles. The topological polar surface area (TPSA) is 38.3 Å². The van der Waals surface area contributed by atoms with Crippen molar-refractivity contribution < 1.29 is 62.2 Å². The van der Waals surface area contributed by atoms with Crippen LogP contribution in [-0.2, 0) is 11.3 Å². The third-order valence-corrected chi connectivity index (χ3v) is 3.77. The molecule has 1 N–H and O–H groups in total. The van der Waals surface area contributed by atoms with Crippen molar-refractivity contribution in [2.45, 2.75) is 42.6 Å². The van der Waals surface area contributed by atoms with Crippen molar-refractivity contribution in [3.63, 3.8) is 0 Å². The molecule has 0 heterocycles. The number of nitrogens with one attached hydrogen (secondary N) is 1. The van der Waals surface area contributed by atoms with Crippen LogP contribution in [-0.4, -0.2) is 49.1 Å². The highest BCUT2D eigenvalue weighted by Crippen LogP contribution is 2.58. The van der Waals surface area contributed by atoms with Gasteiger partial charge in [-0.15, -0.1) is 0 Å². The molecular formula is C15H11F12NO2. The number of alkyl halides is 12. The molecule has 1 rings (SSSR count). The summed E-state index contributed by atoms with van der Waals surface area (Å²) in [7, 11) is 1.24. The lowest BCUT2D eigenvalue weighted by molar-refractivity contribution is -0.407. The average molecular weight is 465 g/mol. The van der Waals surface area contributed by atoms with Crippen LogP contribution in [0, 0.1) is 0 Å². The van der Waals surface area contributed by atoms with E-state index in [0.29, 0.717) is 0 Å². The fraction of sp³-hybridized carbons (Fsp3) is 0.533. The summed E-state index contributed by atoms with van der Waals surface area (Å²) in [4.78, 5) is 11.3. The van der Waals surface area contributed by atoms with Crippen molar-refractivity contribution in [2.75, 3.05) is 7.11 Å². The number of methoxy groups -OCH3 is 1. The number of ether oxygens (including phenoxy) is 1. The summed E-state index contributed by atoms with van der Waals surface area (Å²) in [6.45, 7) is -0.996. The molecule has 0 radical (unpaired) electrons. The molecule has 172 valence electrons. The second-order valence-electron chi connectivity index (χ2n) is 5.75. The van der Waals surface area contributed by atoms with Crippen molar-refractivity contribution >= 4 is 5.91 Å². The van der Waals surface area contributed by atoms with Gasteiger partial charge in [0.05, 0.1) is 7.11 Å². The molecule has 0 aliphatic heterocycles. The minimum atomic E-state index is -7.75. The predicted molar refractivity (Wildman–Crippen MR) is 75.6 cm³/mol. The molecule has 30 heavy (non-hydrogen) atoms. The lowest BCUT2D eigenvalue weighted by Gasteiger charge is -2.38. The number of halogens is 12. The minimum Gasteiger partial charge on any atom is -0.497 e. The van der Waals surface area contributed by atoms with Crippen LogP contribution in [0.5, 0.6) is 5.75 Å². The van der Waals surface area contributed by atoms with Gasteiger partial charge in [0, 0.05) is 6.54 Å². The molecule has 1 aromatic rings. The molecule has 0 aliphatic rings. The van der Waals surface area contributed by atoms with Gasteiger partial charge in [-0.1, -0.05) is 12.1 Å². The molecule has 1 aromatic carbocycles. The van der Waals surface area contributed by atoms with Gasteiger partial charge in [0.2, 0.25) is 0 Å². The maximum atomic E-state index is 13.6. The third-order valence-electron chi connectivity index (χ3n) is 3.77. The van der Waals surface area contributed by atoms with Gasteiger partial charge in [-0.25, -0.2) is 8.78 Å². The summed E-state index contributed by atoms with van der Waals surface area (Å²) in [5.41, 5.74) is -0.0652. The smallest absolute Gasteiger partial charge is 0.392 e. The fourth-order valence-corrected chi connectivity index (χ4v) is 1.92. The Morgan fingerprint density at radius 1 is 0.867 bits per heavy atom. The van der Waals surface area contributed by atoms with Crippen molar-refractivity contribution in [1.29, 1.82) is 0 Å². The number of amides is 1. The highest BCUT2D eigenvalue weighted by molar-refractivity contribution is 5.84. The Bertz CT molecular complexity index is 748. The van der Waals surface area contributed by atoms with Crippen molar-refractivity contribution in [3.05, 3.63) is 29.8 Å². The first kappa shape index (κ1) is 25.7. The van der Waals surface area contributed by atoms with Crippen LogP contribution in [0.3, 0.4) is 0 Å². The maximum absolute atomic E-state index is 13.6. The molecule has 0 bridgehead atoms. The Hall–Kier alpha value is -2.35. The van der Waals surface area contributed by atoms with Gasteiger partial charge in [-0.3, -0.25) is 4.79 Å². The fourth-order valence-electron chi connectivity index (χ4n) is 1.92. The van der Waals surface area contributed by atoms with Crippen LogP contribution in [0.2, 0.25) is 0 Å². The van der Waals surface area contributed by atoms with Crippen molar-refractivity contribution in [1.82, 2.24) is 5.32 Å². The molecule has 15 heteroatoms. The second-order valence-corrected chi connectivity index (χ2v) is 5.75. The molecule has 0 atom stereocenters. The average Bonchev–Trinajstić information content (AvgIpc) is 2.65. The lowest BCUT2D eigenvalue weighted by atomic mass is 9.94. The first-order chi connectivity index (χ1) is 13.4. The van der Waals surface area contributed by atoms with E-state index in [-0.39, 0.29) is 11.3 Å². The Kier molecular flexibility index (Phi) is 6.90. The van der Waals surface area contributed by atoms with Crippen LogP contribution in [0.15, 0.2) is 24.3 Å². The molecule has 0 aromatic heterocycles. The van der Waals surface area contributed by atoms with E-state index >= 15 is 0 Å². The normalized spacial score (nSPS) is 14.1. The second kappa shape index (κ2) is 8.06. The summed E-state index contributed by atoms with van der Waals surface area (Å²) in [5, 5.41) is 1.04. The van der Waals surface area contributed by atoms with Crippen LogP contribution in [0.1, 0.15) is 5.56 Å². The Balaban J connectivity index is 3.15. The number of benzene rings is 1. The largest absolute Gasteiger partial charge is 0.497 e. The van der Waals surface area contributed by atoms with E-state index in [4.69, 9.17) is 4.74 Å². The molecular weight excluding hydrogens is 454 g/mol. The molecule has 0 fully saturated rings. The van der Waals surface area contributed by atoms with Gasteiger partial charge in [0.15, 0.2) is 0 Å². The Labute approximate surface area is 160 Å². The van der Waals surface area contributed by atoms with Crippen molar-refractivity contribution in [2.24, 2.45) is 0 Å². The summed E-state index contributed by atoms with van der Waals surface area (Å²) >= 11 is 0. The zero-order valence-corrected chi connectivity index (χ0v) is 14.4. The van der Waals surface area contributed by atoms with Gasteiger partial charge in [0.1, 0.15) is 5.75 Å². The van der Waals surface area contributed by atoms with Gasteiger partial charge in [-0.05, 0) is 17.7 Å². The standard InChI is InChI=1S/C15H11F12NO2/c1-30-8-4-2-7(3-5-8)6-28-10(29)12(20,21)14(24,25)15(26,27)13(22,23)11(18,19)9(16)17/h2-5,9H,6H2,1H3,(H,28,29). The van der Waals surface area contributed by atoms with E-state index in [0.717, 1.165) is 17.4 Å². The van der Waals surface area contributed by atoms with Crippen molar-refractivity contribution in [3.8, 4) is 5.75 Å². The zero-order valence-electron chi connectivity index (χ0n) is 14.4. The number of hydrogen-bond donors (Lipinski definition) is 1. The monoisotopic (exact) mass is 465 g/mol. The molecule has 0 aliphatic carbocycles. The van der Waals surface area contributed by atoms with Gasteiger partial charge < -0.3 is 10.1 Å². The first-order valence-corrected chi connectivity index (χ1v) is 7.46. The van der Waals surface area contributed by atoms with E-state index in [1.54, 1.807) is 0 Å². The number of rotatable bonds is 9. The number of carbonyl (C=O) groups excluding carboxylic acids is 1. The van der Waals surface area contributed by atoms with E-state index in [1.165, 1.54) is 19.2 Å². The Morgan fingerprint density at radius 3 is 1.73 bits per heavy atom. The Morgan fingerprint density at radius 2 is 1.33 bits per heavy atom. The van der Waals surface area contributed by atoms with Gasteiger partial charge in [0.25, 0.3) is 5.91 Å². The molecule has 0 spiro atoms. The summed E-state index contributed by atoms with van der Waals surface area (Å²) in [5.74, 6) is -39.7. The molecule has 0 unspecified atom stereocenters. The highest BCUT2D eigenvalue weighted by Gasteiger charge is 2.89. The zero-order chi connectivity index (χ0) is 23.8.